The zero-order chi connectivity index (χ0) is 24.0. The molecule has 5 rings (SSSR count). The van der Waals surface area contributed by atoms with Gasteiger partial charge in [0.25, 0.3) is 17.5 Å². The first-order valence-electron chi connectivity index (χ1n) is 9.82. The Bertz CT molecular complexity index is 1520. The summed E-state index contributed by atoms with van der Waals surface area (Å²) in [6, 6.07) is 16.0. The maximum atomic E-state index is 13.0. The van der Waals surface area contributed by atoms with Crippen LogP contribution in [0.4, 0.5) is 11.4 Å². The first kappa shape index (κ1) is 22.4. The minimum Gasteiger partial charge on any atom is -0.293 e. The number of nitro benzene ring substituents is 1. The lowest BCUT2D eigenvalue weighted by Crippen LogP contribution is -2.29. The number of thiazole rings is 1. The van der Waals surface area contributed by atoms with Crippen molar-refractivity contribution in [1.82, 2.24) is 4.98 Å². The van der Waals surface area contributed by atoms with E-state index in [0.29, 0.717) is 21.1 Å². The molecule has 0 atom stereocenters. The van der Waals surface area contributed by atoms with Crippen LogP contribution in [0.15, 0.2) is 69.5 Å². The third kappa shape index (κ3) is 3.91. The summed E-state index contributed by atoms with van der Waals surface area (Å²) in [7, 11) is 0. The highest BCUT2D eigenvalue weighted by molar-refractivity contribution is 9.10. The molecule has 34 heavy (non-hydrogen) atoms. The van der Waals surface area contributed by atoms with E-state index < -0.39 is 22.4 Å². The molecule has 2 amide bonds. The number of amides is 2. The van der Waals surface area contributed by atoms with E-state index in [0.717, 1.165) is 14.1 Å². The van der Waals surface area contributed by atoms with E-state index in [9.17, 15) is 24.5 Å². The van der Waals surface area contributed by atoms with Gasteiger partial charge in [0.05, 0.1) is 32.1 Å². The molecule has 0 fully saturated rings. The molecule has 1 aliphatic rings. The number of fused-ring (bicyclic) bond motifs is 2. The van der Waals surface area contributed by atoms with Crippen LogP contribution in [0.25, 0.3) is 10.2 Å². The number of nitro groups is 1. The summed E-state index contributed by atoms with van der Waals surface area (Å²) in [4.78, 5) is 54.4. The van der Waals surface area contributed by atoms with Crippen LogP contribution < -0.4 is 4.90 Å². The molecule has 8 nitrogen and oxygen atoms in total. The van der Waals surface area contributed by atoms with Gasteiger partial charge in [-0.25, -0.2) is 9.88 Å². The van der Waals surface area contributed by atoms with Gasteiger partial charge in [-0.05, 0) is 36.4 Å². The van der Waals surface area contributed by atoms with Gasteiger partial charge >= 0.3 is 0 Å². The summed E-state index contributed by atoms with van der Waals surface area (Å²) in [6.07, 6.45) is 0. The van der Waals surface area contributed by atoms with Crippen molar-refractivity contribution < 1.29 is 19.3 Å². The molecule has 168 valence electrons. The summed E-state index contributed by atoms with van der Waals surface area (Å²) in [5.41, 5.74) is 0.982. The van der Waals surface area contributed by atoms with E-state index in [1.54, 1.807) is 30.3 Å². The molecule has 0 saturated carbocycles. The lowest BCUT2D eigenvalue weighted by Gasteiger charge is -2.13. The second kappa shape index (κ2) is 8.75. The van der Waals surface area contributed by atoms with Gasteiger partial charge in [-0.3, -0.25) is 24.5 Å². The van der Waals surface area contributed by atoms with Gasteiger partial charge in [-0.2, -0.15) is 0 Å². The van der Waals surface area contributed by atoms with Crippen LogP contribution in [-0.4, -0.2) is 33.3 Å². The number of carbonyl (C=O) groups is 3. The molecule has 0 bridgehead atoms. The van der Waals surface area contributed by atoms with Crippen LogP contribution in [0, 0.1) is 10.1 Å². The number of imide groups is 1. The number of thioether (sulfide) groups is 1. The number of halogens is 1. The van der Waals surface area contributed by atoms with E-state index in [2.05, 4.69) is 20.9 Å². The Kier molecular flexibility index (Phi) is 5.76. The lowest BCUT2D eigenvalue weighted by molar-refractivity contribution is -0.385. The number of nitrogens with zero attached hydrogens (tertiary/aromatic N) is 3. The largest absolute Gasteiger partial charge is 0.293 e. The van der Waals surface area contributed by atoms with Gasteiger partial charge in [-0.1, -0.05) is 45.9 Å². The van der Waals surface area contributed by atoms with Gasteiger partial charge in [-0.15, -0.1) is 11.3 Å². The zero-order valence-electron chi connectivity index (χ0n) is 17.1. The van der Waals surface area contributed by atoms with Crippen LogP contribution in [0.5, 0.6) is 0 Å². The van der Waals surface area contributed by atoms with E-state index >= 15 is 0 Å². The first-order valence-corrected chi connectivity index (χ1v) is 12.4. The molecule has 0 saturated heterocycles. The standard InChI is InChI=1S/C23H12BrN3O5S2/c24-13-6-4-12(5-7-13)18(28)11-33-23-25-16-9-8-14(10-19(16)34-23)26-21(29)15-2-1-3-17(27(31)32)20(15)22(26)30/h1-10H,11H2. The number of aromatic nitrogens is 1. The number of benzene rings is 3. The number of hydrogen-bond acceptors (Lipinski definition) is 8. The average molecular weight is 554 g/mol. The van der Waals surface area contributed by atoms with Crippen LogP contribution in [-0.2, 0) is 0 Å². The summed E-state index contributed by atoms with van der Waals surface area (Å²) < 4.78 is 2.30. The minimum absolute atomic E-state index is 0.00583. The molecule has 1 aliphatic heterocycles. The summed E-state index contributed by atoms with van der Waals surface area (Å²) >= 11 is 6.00. The molecule has 4 aromatic rings. The molecule has 0 radical (unpaired) electrons. The van der Waals surface area contributed by atoms with Crippen molar-refractivity contribution in [1.29, 1.82) is 0 Å². The van der Waals surface area contributed by atoms with E-state index in [1.807, 2.05) is 12.1 Å². The number of Topliss-reactive ketones (excluding diaryl/α,β-unsaturated/α-hetero) is 1. The summed E-state index contributed by atoms with van der Waals surface area (Å²) in [5.74, 6) is -1.14. The Morgan fingerprint density at radius 1 is 1.09 bits per heavy atom. The molecular weight excluding hydrogens is 542 g/mol. The van der Waals surface area contributed by atoms with E-state index in [1.165, 1.54) is 41.3 Å². The predicted molar refractivity (Wildman–Crippen MR) is 133 cm³/mol. The van der Waals surface area contributed by atoms with E-state index in [-0.39, 0.29) is 22.7 Å². The van der Waals surface area contributed by atoms with Crippen LogP contribution in [0.3, 0.4) is 0 Å². The number of hydrogen-bond donors (Lipinski definition) is 0. The molecule has 0 N–H and O–H groups in total. The topological polar surface area (TPSA) is 110 Å². The molecule has 2 heterocycles. The Morgan fingerprint density at radius 2 is 1.85 bits per heavy atom. The van der Waals surface area contributed by atoms with E-state index in [4.69, 9.17) is 0 Å². The highest BCUT2D eigenvalue weighted by atomic mass is 79.9. The van der Waals surface area contributed by atoms with Crippen LogP contribution >= 0.6 is 39.0 Å². The highest BCUT2D eigenvalue weighted by Gasteiger charge is 2.41. The number of carbonyl (C=O) groups excluding carboxylic acids is 3. The van der Waals surface area contributed by atoms with Crippen molar-refractivity contribution in [3.63, 3.8) is 0 Å². The molecular formula is C23H12BrN3O5S2. The number of rotatable bonds is 6. The molecule has 0 unspecified atom stereocenters. The third-order valence-electron chi connectivity index (χ3n) is 5.19. The molecule has 11 heteroatoms. The fraction of sp³-hybridized carbons (Fsp3) is 0.0435. The Hall–Kier alpha value is -3.41. The third-order valence-corrected chi connectivity index (χ3v) is 7.88. The van der Waals surface area contributed by atoms with Gasteiger partial charge in [0.15, 0.2) is 10.1 Å². The quantitative estimate of drug-likeness (QED) is 0.0983. The molecule has 0 aliphatic carbocycles. The van der Waals surface area contributed by atoms with Crippen molar-refractivity contribution >= 4 is 78.2 Å². The zero-order valence-corrected chi connectivity index (χ0v) is 20.3. The SMILES string of the molecule is O=C(CSc1nc2ccc(N3C(=O)c4cccc([N+](=O)[O-])c4C3=O)cc2s1)c1ccc(Br)cc1. The Labute approximate surface area is 208 Å². The Balaban J connectivity index is 1.39. The fourth-order valence-electron chi connectivity index (χ4n) is 3.59. The number of ketones is 1. The van der Waals surface area contributed by atoms with Crippen LogP contribution in [0.1, 0.15) is 31.1 Å². The maximum Gasteiger partial charge on any atom is 0.283 e. The summed E-state index contributed by atoms with van der Waals surface area (Å²) in [6.45, 7) is 0. The predicted octanol–water partition coefficient (Wildman–Crippen LogP) is 5.74. The molecule has 3 aromatic carbocycles. The van der Waals surface area contributed by atoms with Crippen molar-refractivity contribution in [2.45, 2.75) is 4.34 Å². The van der Waals surface area contributed by atoms with Gasteiger partial charge < -0.3 is 0 Å². The normalized spacial score (nSPS) is 12.9. The smallest absolute Gasteiger partial charge is 0.283 e. The van der Waals surface area contributed by atoms with Crippen molar-refractivity contribution in [2.24, 2.45) is 0 Å². The average Bonchev–Trinajstić information content (AvgIpc) is 3.35. The van der Waals surface area contributed by atoms with Gasteiger partial charge in [0.2, 0.25) is 0 Å². The van der Waals surface area contributed by atoms with Gasteiger partial charge in [0, 0.05) is 16.1 Å². The van der Waals surface area contributed by atoms with Crippen molar-refractivity contribution in [2.75, 3.05) is 10.7 Å². The van der Waals surface area contributed by atoms with Crippen LogP contribution in [0.2, 0.25) is 0 Å². The monoisotopic (exact) mass is 553 g/mol. The number of anilines is 1. The van der Waals surface area contributed by atoms with Crippen molar-refractivity contribution in [3.05, 3.63) is 91.9 Å². The van der Waals surface area contributed by atoms with Crippen molar-refractivity contribution in [3.8, 4) is 0 Å². The maximum absolute atomic E-state index is 13.0. The Morgan fingerprint density at radius 3 is 2.59 bits per heavy atom. The molecule has 1 aromatic heterocycles. The molecule has 0 spiro atoms. The fourth-order valence-corrected chi connectivity index (χ4v) is 5.85. The van der Waals surface area contributed by atoms with Gasteiger partial charge in [0.1, 0.15) is 5.56 Å². The summed E-state index contributed by atoms with van der Waals surface area (Å²) in [5, 5.41) is 11.3. The first-order chi connectivity index (χ1) is 16.3. The second-order valence-corrected chi connectivity index (χ2v) is 10.4. The highest BCUT2D eigenvalue weighted by Crippen LogP contribution is 2.37. The lowest BCUT2D eigenvalue weighted by atomic mass is 10.1. The minimum atomic E-state index is -0.731. The second-order valence-electron chi connectivity index (χ2n) is 7.25.